The largest absolute Gasteiger partial charge is 0.382 e. The van der Waals surface area contributed by atoms with Gasteiger partial charge in [-0.15, -0.1) is 0 Å². The minimum atomic E-state index is 0.488. The fourth-order valence-corrected chi connectivity index (χ4v) is 3.60. The first-order valence-corrected chi connectivity index (χ1v) is 8.55. The predicted molar refractivity (Wildman–Crippen MR) is 97.0 cm³/mol. The Balaban J connectivity index is 1.60. The molecule has 3 aliphatic rings. The molecule has 1 aliphatic heterocycles. The number of fused-ring (bicyclic) bond motifs is 1. The first-order chi connectivity index (χ1) is 11.0. The molecule has 0 saturated heterocycles. The topological polar surface area (TPSA) is 27.6 Å². The van der Waals surface area contributed by atoms with Crippen molar-refractivity contribution in [3.8, 4) is 0 Å². The first-order valence-electron chi connectivity index (χ1n) is 8.55. The molecule has 0 aromatic heterocycles. The lowest BCUT2D eigenvalue weighted by Crippen LogP contribution is -2.39. The van der Waals surface area contributed by atoms with Crippen molar-refractivity contribution in [3.63, 3.8) is 0 Å². The molecule has 0 aromatic carbocycles. The molecular weight excluding hydrogens is 282 g/mol. The maximum atomic E-state index is 6.34. The van der Waals surface area contributed by atoms with Gasteiger partial charge >= 0.3 is 0 Å². The zero-order valence-electron chi connectivity index (χ0n) is 14.7. The van der Waals surface area contributed by atoms with Crippen molar-refractivity contribution in [3.05, 3.63) is 53.3 Å². The smallest absolute Gasteiger partial charge is 0.0561 e. The third-order valence-corrected chi connectivity index (χ3v) is 5.33. The Morgan fingerprint density at radius 1 is 1.22 bits per heavy atom. The van der Waals surface area contributed by atoms with Gasteiger partial charge in [-0.05, 0) is 77.4 Å². The minimum absolute atomic E-state index is 0.488. The molecule has 23 heavy (non-hydrogen) atoms. The van der Waals surface area contributed by atoms with Crippen molar-refractivity contribution < 1.29 is 0 Å². The summed E-state index contributed by atoms with van der Waals surface area (Å²) in [5.41, 5.74) is 6.48. The van der Waals surface area contributed by atoms with Crippen LogP contribution in [0.1, 0.15) is 39.5 Å². The van der Waals surface area contributed by atoms with Crippen LogP contribution >= 0.6 is 0 Å². The highest BCUT2D eigenvalue weighted by Gasteiger charge is 2.25. The molecule has 0 amide bonds. The molecule has 0 atom stereocenters. The molecule has 0 bridgehead atoms. The molecule has 0 spiro atoms. The van der Waals surface area contributed by atoms with Gasteiger partial charge in [0.05, 0.1) is 5.71 Å². The molecule has 2 aliphatic carbocycles. The van der Waals surface area contributed by atoms with Gasteiger partial charge < -0.3 is 10.2 Å². The third-order valence-electron chi connectivity index (χ3n) is 5.33. The molecule has 2 radical (unpaired) electrons. The van der Waals surface area contributed by atoms with E-state index in [0.29, 0.717) is 12.1 Å². The summed E-state index contributed by atoms with van der Waals surface area (Å²) in [7, 11) is 4.35. The number of hydrogen-bond acceptors (Lipinski definition) is 3. The Labute approximate surface area is 140 Å². The highest BCUT2D eigenvalue weighted by atomic mass is 15.1. The average molecular weight is 309 g/mol. The Kier molecular flexibility index (Phi) is 4.58. The molecule has 1 fully saturated rings. The summed E-state index contributed by atoms with van der Waals surface area (Å²) in [5.74, 6) is 0. The molecule has 1 N–H and O–H groups in total. The van der Waals surface area contributed by atoms with Crippen molar-refractivity contribution in [2.45, 2.75) is 51.6 Å². The van der Waals surface area contributed by atoms with Crippen molar-refractivity contribution in [2.24, 2.45) is 4.99 Å². The number of nitrogens with one attached hydrogen (secondary N) is 1. The Hall–Kier alpha value is -1.61. The number of hydrogen-bond donors (Lipinski definition) is 1. The van der Waals surface area contributed by atoms with Crippen LogP contribution in [0.5, 0.6) is 0 Å². The van der Waals surface area contributed by atoms with Crippen LogP contribution in [0.4, 0.5) is 0 Å². The normalized spacial score (nSPS) is 27.4. The second-order valence-corrected chi connectivity index (χ2v) is 7.08. The van der Waals surface area contributed by atoms with Gasteiger partial charge in [-0.25, -0.2) is 0 Å². The summed E-state index contributed by atoms with van der Waals surface area (Å²) >= 11 is 0. The van der Waals surface area contributed by atoms with Crippen LogP contribution in [0.2, 0.25) is 0 Å². The van der Waals surface area contributed by atoms with Crippen LogP contribution in [0, 0.1) is 13.0 Å². The monoisotopic (exact) mass is 309 g/mol. The quantitative estimate of drug-likeness (QED) is 0.859. The van der Waals surface area contributed by atoms with E-state index in [1.54, 1.807) is 0 Å². The summed E-state index contributed by atoms with van der Waals surface area (Å²) in [6.07, 6.45) is 11.1. The third kappa shape index (κ3) is 3.35. The van der Waals surface area contributed by atoms with E-state index in [2.05, 4.69) is 61.7 Å². The summed E-state index contributed by atoms with van der Waals surface area (Å²) in [4.78, 5) is 6.92. The van der Waals surface area contributed by atoms with E-state index >= 15 is 0 Å². The minimum Gasteiger partial charge on any atom is -0.382 e. The van der Waals surface area contributed by atoms with E-state index in [4.69, 9.17) is 6.58 Å². The van der Waals surface area contributed by atoms with Crippen molar-refractivity contribution in [1.29, 1.82) is 0 Å². The van der Waals surface area contributed by atoms with Crippen LogP contribution in [0.15, 0.2) is 45.3 Å². The lowest BCUT2D eigenvalue weighted by Gasteiger charge is -2.34. The molecule has 0 unspecified atom stereocenters. The number of rotatable bonds is 4. The Bertz CT molecular complexity index is 623. The second-order valence-electron chi connectivity index (χ2n) is 7.08. The Morgan fingerprint density at radius 3 is 2.57 bits per heavy atom. The van der Waals surface area contributed by atoms with E-state index < -0.39 is 0 Å². The van der Waals surface area contributed by atoms with Crippen LogP contribution < -0.4 is 5.32 Å². The lowest BCUT2D eigenvalue weighted by atomic mass is 9.89. The van der Waals surface area contributed by atoms with Gasteiger partial charge in [-0.3, -0.25) is 4.99 Å². The molecular formula is C20H27N3. The van der Waals surface area contributed by atoms with Gasteiger partial charge in [0, 0.05) is 35.5 Å². The zero-order chi connectivity index (χ0) is 16.6. The number of aliphatic imine (C=N–C) groups is 1. The fourth-order valence-electron chi connectivity index (χ4n) is 3.60. The van der Waals surface area contributed by atoms with Gasteiger partial charge in [0.2, 0.25) is 0 Å². The molecule has 1 saturated carbocycles. The standard InChI is InChI=1S/C20H27N3/c1-13-14(2)22-20-11-6-16(12-19(13)20)15(3)21-17-7-9-18(10-8-17)23(4)5/h3,6,11-12,17-18,21H,7-10H2,1-2,4-5H3. The van der Waals surface area contributed by atoms with Crippen LogP contribution in [0.25, 0.3) is 0 Å². The predicted octanol–water partition coefficient (Wildman–Crippen LogP) is 3.58. The summed E-state index contributed by atoms with van der Waals surface area (Å²) in [5, 5.41) is 3.54. The molecule has 3 rings (SSSR count). The number of allylic oxidation sites excluding steroid dienone is 5. The van der Waals surface area contributed by atoms with E-state index in [1.165, 1.54) is 36.8 Å². The van der Waals surface area contributed by atoms with Crippen LogP contribution in [-0.2, 0) is 0 Å². The summed E-state index contributed by atoms with van der Waals surface area (Å²) < 4.78 is 0. The summed E-state index contributed by atoms with van der Waals surface area (Å²) in [6.45, 7) is 10.5. The van der Waals surface area contributed by atoms with Crippen molar-refractivity contribution in [1.82, 2.24) is 10.2 Å². The van der Waals surface area contributed by atoms with Gasteiger partial charge in [-0.2, -0.15) is 0 Å². The van der Waals surface area contributed by atoms with E-state index in [-0.39, 0.29) is 0 Å². The van der Waals surface area contributed by atoms with E-state index in [0.717, 1.165) is 22.7 Å². The molecule has 3 heteroatoms. The van der Waals surface area contributed by atoms with Crippen molar-refractivity contribution >= 4 is 5.71 Å². The van der Waals surface area contributed by atoms with E-state index in [9.17, 15) is 0 Å². The molecule has 1 heterocycles. The lowest BCUT2D eigenvalue weighted by molar-refractivity contribution is 0.209. The second kappa shape index (κ2) is 6.48. The van der Waals surface area contributed by atoms with E-state index in [1.807, 2.05) is 0 Å². The first kappa shape index (κ1) is 16.3. The zero-order valence-corrected chi connectivity index (χ0v) is 14.7. The Morgan fingerprint density at radius 2 is 1.91 bits per heavy atom. The van der Waals surface area contributed by atoms with Crippen LogP contribution in [-0.4, -0.2) is 36.8 Å². The maximum absolute atomic E-state index is 6.34. The van der Waals surface area contributed by atoms with Crippen LogP contribution in [0.3, 0.4) is 0 Å². The van der Waals surface area contributed by atoms with Gasteiger partial charge in [-0.1, -0.05) is 6.08 Å². The molecule has 3 nitrogen and oxygen atoms in total. The maximum Gasteiger partial charge on any atom is 0.0561 e. The SMILES string of the molecule is [CH]=C(NC1CCC(N(C)C)CC1)C1=C[CH]C2=NC(C)=C(C)C2=C1. The highest BCUT2D eigenvalue weighted by Crippen LogP contribution is 2.32. The summed E-state index contributed by atoms with van der Waals surface area (Å²) in [6, 6.07) is 1.20. The van der Waals surface area contributed by atoms with Gasteiger partial charge in [0.1, 0.15) is 0 Å². The van der Waals surface area contributed by atoms with Gasteiger partial charge in [0.15, 0.2) is 0 Å². The molecule has 0 aromatic rings. The van der Waals surface area contributed by atoms with Crippen molar-refractivity contribution in [2.75, 3.05) is 14.1 Å². The highest BCUT2D eigenvalue weighted by molar-refractivity contribution is 6.14. The number of nitrogens with zero attached hydrogens (tertiary/aromatic N) is 2. The van der Waals surface area contributed by atoms with Gasteiger partial charge in [0.25, 0.3) is 0 Å². The molecule has 122 valence electrons. The average Bonchev–Trinajstić information content (AvgIpc) is 2.82. The fraction of sp³-hybridized carbons (Fsp3) is 0.500.